The molecule has 0 bridgehead atoms. The summed E-state index contributed by atoms with van der Waals surface area (Å²) in [6.45, 7) is 0.200. The van der Waals surface area contributed by atoms with E-state index in [0.29, 0.717) is 47.5 Å². The number of H-pyrrole nitrogens is 1. The Labute approximate surface area is 148 Å². The minimum absolute atomic E-state index is 0.153. The highest BCUT2D eigenvalue weighted by atomic mass is 32.2. The number of rotatable bonds is 8. The molecule has 0 atom stereocenters. The fraction of sp³-hybridized carbons (Fsp3) is 0.412. The number of carbonyl (C=O) groups is 2. The van der Waals surface area contributed by atoms with Gasteiger partial charge < -0.3 is 15.4 Å². The summed E-state index contributed by atoms with van der Waals surface area (Å²) in [5.74, 6) is 0.667. The SMILES string of the molecule is O=C(CCSCc1nc2ccccc2c(=O)[nH]1)NCC1(C(=O)O)CC1. The zero-order valence-electron chi connectivity index (χ0n) is 13.6. The highest BCUT2D eigenvalue weighted by molar-refractivity contribution is 7.98. The van der Waals surface area contributed by atoms with E-state index in [2.05, 4.69) is 15.3 Å². The Hall–Kier alpha value is -2.35. The molecule has 1 saturated carbocycles. The van der Waals surface area contributed by atoms with Gasteiger partial charge in [0.2, 0.25) is 5.91 Å². The highest BCUT2D eigenvalue weighted by Crippen LogP contribution is 2.45. The van der Waals surface area contributed by atoms with Crippen LogP contribution in [-0.2, 0) is 15.3 Å². The number of aromatic nitrogens is 2. The molecular weight excluding hydrogens is 342 g/mol. The lowest BCUT2D eigenvalue weighted by molar-refractivity contribution is -0.143. The Morgan fingerprint density at radius 2 is 2.08 bits per heavy atom. The average Bonchev–Trinajstić information content (AvgIpc) is 3.38. The molecule has 1 aliphatic carbocycles. The third-order valence-electron chi connectivity index (χ3n) is 4.31. The number of hydrogen-bond donors (Lipinski definition) is 3. The minimum Gasteiger partial charge on any atom is -0.481 e. The summed E-state index contributed by atoms with van der Waals surface area (Å²) >= 11 is 1.50. The number of hydrogen-bond acceptors (Lipinski definition) is 5. The molecule has 2 aromatic rings. The molecule has 3 N–H and O–H groups in total. The molecule has 1 fully saturated rings. The van der Waals surface area contributed by atoms with Crippen LogP contribution in [0.15, 0.2) is 29.1 Å². The second-order valence-electron chi connectivity index (χ2n) is 6.19. The molecule has 8 heteroatoms. The third-order valence-corrected chi connectivity index (χ3v) is 5.28. The maximum absolute atomic E-state index is 12.0. The van der Waals surface area contributed by atoms with Crippen LogP contribution in [-0.4, -0.2) is 39.2 Å². The first-order valence-electron chi connectivity index (χ1n) is 8.06. The molecule has 1 heterocycles. The Bertz CT molecular complexity index is 860. The maximum Gasteiger partial charge on any atom is 0.311 e. The van der Waals surface area contributed by atoms with Crippen LogP contribution in [0.3, 0.4) is 0 Å². The van der Waals surface area contributed by atoms with Gasteiger partial charge in [0.1, 0.15) is 5.82 Å². The number of amides is 1. The predicted molar refractivity (Wildman–Crippen MR) is 95.5 cm³/mol. The number of carboxylic acid groups (broad SMARTS) is 1. The molecule has 1 aromatic heterocycles. The molecule has 0 aliphatic heterocycles. The van der Waals surface area contributed by atoms with Crippen molar-refractivity contribution in [2.75, 3.05) is 12.3 Å². The molecule has 0 unspecified atom stereocenters. The van der Waals surface area contributed by atoms with E-state index in [1.807, 2.05) is 6.07 Å². The number of fused-ring (bicyclic) bond motifs is 1. The second-order valence-corrected chi connectivity index (χ2v) is 7.30. The van der Waals surface area contributed by atoms with Gasteiger partial charge in [-0.05, 0) is 25.0 Å². The number of carboxylic acids is 1. The number of aromatic amines is 1. The van der Waals surface area contributed by atoms with Gasteiger partial charge in [0.25, 0.3) is 5.56 Å². The van der Waals surface area contributed by atoms with Crippen LogP contribution < -0.4 is 10.9 Å². The van der Waals surface area contributed by atoms with E-state index < -0.39 is 11.4 Å². The Balaban J connectivity index is 1.43. The van der Waals surface area contributed by atoms with Crippen molar-refractivity contribution in [2.45, 2.75) is 25.0 Å². The van der Waals surface area contributed by atoms with Crippen molar-refractivity contribution in [3.8, 4) is 0 Å². The summed E-state index contributed by atoms with van der Waals surface area (Å²) in [5, 5.41) is 12.3. The molecule has 132 valence electrons. The summed E-state index contributed by atoms with van der Waals surface area (Å²) in [4.78, 5) is 42.0. The van der Waals surface area contributed by atoms with E-state index in [9.17, 15) is 14.4 Å². The molecule has 1 aromatic carbocycles. The number of thioether (sulfide) groups is 1. The Morgan fingerprint density at radius 3 is 2.80 bits per heavy atom. The Morgan fingerprint density at radius 1 is 1.32 bits per heavy atom. The van der Waals surface area contributed by atoms with Crippen molar-refractivity contribution in [3.05, 3.63) is 40.4 Å². The van der Waals surface area contributed by atoms with Crippen LogP contribution in [0.4, 0.5) is 0 Å². The van der Waals surface area contributed by atoms with Crippen LogP contribution in [0.5, 0.6) is 0 Å². The lowest BCUT2D eigenvalue weighted by Gasteiger charge is -2.10. The van der Waals surface area contributed by atoms with E-state index in [0.717, 1.165) is 0 Å². The van der Waals surface area contributed by atoms with Gasteiger partial charge in [-0.25, -0.2) is 4.98 Å². The zero-order valence-corrected chi connectivity index (χ0v) is 14.4. The largest absolute Gasteiger partial charge is 0.481 e. The van der Waals surface area contributed by atoms with Crippen LogP contribution in [0.25, 0.3) is 10.9 Å². The fourth-order valence-electron chi connectivity index (χ4n) is 2.51. The van der Waals surface area contributed by atoms with Gasteiger partial charge in [-0.15, -0.1) is 0 Å². The monoisotopic (exact) mass is 361 g/mol. The summed E-state index contributed by atoms with van der Waals surface area (Å²) in [6, 6.07) is 7.15. The molecule has 3 rings (SSSR count). The molecule has 1 amide bonds. The topological polar surface area (TPSA) is 112 Å². The second kappa shape index (κ2) is 7.26. The molecule has 1 aliphatic rings. The summed E-state index contributed by atoms with van der Waals surface area (Å²) < 4.78 is 0. The number of nitrogens with zero attached hydrogens (tertiary/aromatic N) is 1. The highest BCUT2D eigenvalue weighted by Gasteiger charge is 2.50. The normalized spacial score (nSPS) is 15.0. The van der Waals surface area contributed by atoms with E-state index >= 15 is 0 Å². The number of aliphatic carboxylic acids is 1. The van der Waals surface area contributed by atoms with Gasteiger partial charge in [0, 0.05) is 18.7 Å². The van der Waals surface area contributed by atoms with Crippen LogP contribution >= 0.6 is 11.8 Å². The van der Waals surface area contributed by atoms with Gasteiger partial charge in [0.05, 0.1) is 22.1 Å². The molecule has 0 spiro atoms. The van der Waals surface area contributed by atoms with Crippen LogP contribution in [0.1, 0.15) is 25.1 Å². The lowest BCUT2D eigenvalue weighted by atomic mass is 10.1. The molecular formula is C17H19N3O4S. The van der Waals surface area contributed by atoms with Crippen molar-refractivity contribution in [1.82, 2.24) is 15.3 Å². The number of nitrogens with one attached hydrogen (secondary N) is 2. The first-order valence-corrected chi connectivity index (χ1v) is 9.21. The van der Waals surface area contributed by atoms with Crippen molar-refractivity contribution in [3.63, 3.8) is 0 Å². The summed E-state index contributed by atoms with van der Waals surface area (Å²) in [5.41, 5.74) is -0.248. The quantitative estimate of drug-likeness (QED) is 0.615. The van der Waals surface area contributed by atoms with Crippen LogP contribution in [0, 0.1) is 5.41 Å². The smallest absolute Gasteiger partial charge is 0.311 e. The zero-order chi connectivity index (χ0) is 17.9. The van der Waals surface area contributed by atoms with Crippen LogP contribution in [0.2, 0.25) is 0 Å². The van der Waals surface area contributed by atoms with Crippen molar-refractivity contribution in [1.29, 1.82) is 0 Å². The minimum atomic E-state index is -0.839. The lowest BCUT2D eigenvalue weighted by Crippen LogP contribution is -2.34. The van der Waals surface area contributed by atoms with Gasteiger partial charge in [0.15, 0.2) is 0 Å². The van der Waals surface area contributed by atoms with E-state index in [1.54, 1.807) is 18.2 Å². The first-order chi connectivity index (χ1) is 12.0. The summed E-state index contributed by atoms with van der Waals surface area (Å²) in [7, 11) is 0. The average molecular weight is 361 g/mol. The van der Waals surface area contributed by atoms with Gasteiger partial charge in [-0.1, -0.05) is 12.1 Å². The molecule has 0 saturated heterocycles. The van der Waals surface area contributed by atoms with Gasteiger partial charge >= 0.3 is 5.97 Å². The molecule has 25 heavy (non-hydrogen) atoms. The van der Waals surface area contributed by atoms with Crippen molar-refractivity contribution in [2.24, 2.45) is 5.41 Å². The van der Waals surface area contributed by atoms with Gasteiger partial charge in [-0.2, -0.15) is 11.8 Å². The fourth-order valence-corrected chi connectivity index (χ4v) is 3.31. The van der Waals surface area contributed by atoms with E-state index in [-0.39, 0.29) is 18.0 Å². The number of carbonyl (C=O) groups excluding carboxylic acids is 1. The number of benzene rings is 1. The predicted octanol–water partition coefficient (Wildman–Crippen LogP) is 1.53. The first kappa shape index (κ1) is 17.5. The number of para-hydroxylation sites is 1. The van der Waals surface area contributed by atoms with Crippen molar-refractivity contribution < 1.29 is 14.7 Å². The molecule has 7 nitrogen and oxygen atoms in total. The van der Waals surface area contributed by atoms with Gasteiger partial charge in [-0.3, -0.25) is 14.4 Å². The van der Waals surface area contributed by atoms with Crippen molar-refractivity contribution >= 4 is 34.5 Å². The van der Waals surface area contributed by atoms with E-state index in [4.69, 9.17) is 5.11 Å². The third kappa shape index (κ3) is 4.19. The van der Waals surface area contributed by atoms with E-state index in [1.165, 1.54) is 11.8 Å². The molecule has 0 radical (unpaired) electrons. The Kier molecular flexibility index (Phi) is 5.08. The maximum atomic E-state index is 12.0. The standard InChI is InChI=1S/C17H19N3O4S/c21-14(18-10-17(6-7-17)16(23)24)5-8-25-9-13-19-12-4-2-1-3-11(12)15(22)20-13/h1-4H,5-10H2,(H,18,21)(H,23,24)(H,19,20,22). The summed E-state index contributed by atoms with van der Waals surface area (Å²) in [6.07, 6.45) is 1.55.